The first-order valence-corrected chi connectivity index (χ1v) is 5.38. The maximum Gasteiger partial charge on any atom is 0.376 e. The molecule has 0 atom stereocenters. The molecule has 100 valence electrons. The molecule has 0 bridgehead atoms. The average Bonchev–Trinajstić information content (AvgIpc) is 2.81. The van der Waals surface area contributed by atoms with Gasteiger partial charge in [-0.2, -0.15) is 0 Å². The van der Waals surface area contributed by atoms with Gasteiger partial charge in [0.2, 0.25) is 17.3 Å². The minimum Gasteiger partial charge on any atom is -0.464 e. The van der Waals surface area contributed by atoms with Crippen LogP contribution in [-0.4, -0.2) is 37.7 Å². The van der Waals surface area contributed by atoms with Crippen LogP contribution in [0.1, 0.15) is 40.3 Å². The lowest BCUT2D eigenvalue weighted by atomic mass is 10.3. The fraction of sp³-hybridized carbons (Fsp3) is 0.545. The third kappa shape index (κ3) is 3.30. The molecule has 1 heterocycles. The van der Waals surface area contributed by atoms with Crippen LogP contribution in [0.15, 0.2) is 4.42 Å². The number of esters is 2. The molecular formula is C11H15NO6. The van der Waals surface area contributed by atoms with E-state index in [9.17, 15) is 9.59 Å². The topological polar surface area (TPSA) is 87.9 Å². The number of oxazole rings is 1. The summed E-state index contributed by atoms with van der Waals surface area (Å²) in [4.78, 5) is 26.7. The van der Waals surface area contributed by atoms with E-state index in [1.807, 2.05) is 6.92 Å². The van der Waals surface area contributed by atoms with Gasteiger partial charge in [-0.1, -0.05) is 6.92 Å². The Kier molecular flexibility index (Phi) is 5.31. The highest BCUT2D eigenvalue weighted by atomic mass is 16.5. The van der Waals surface area contributed by atoms with Crippen LogP contribution in [0.5, 0.6) is 0 Å². The Morgan fingerprint density at radius 3 is 2.44 bits per heavy atom. The van der Waals surface area contributed by atoms with Gasteiger partial charge >= 0.3 is 11.9 Å². The van der Waals surface area contributed by atoms with Crippen LogP contribution < -0.4 is 0 Å². The number of carbonyl (C=O) groups excluding carboxylic acids is 2. The average molecular weight is 257 g/mol. The molecule has 0 saturated heterocycles. The molecule has 0 unspecified atom stereocenters. The normalized spacial score (nSPS) is 10.2. The second-order valence-electron chi connectivity index (χ2n) is 3.32. The zero-order valence-electron chi connectivity index (χ0n) is 10.5. The Morgan fingerprint density at radius 2 is 1.89 bits per heavy atom. The molecule has 7 heteroatoms. The van der Waals surface area contributed by atoms with Crippen molar-refractivity contribution >= 4 is 11.9 Å². The van der Waals surface area contributed by atoms with E-state index in [0.29, 0.717) is 6.61 Å². The first-order valence-electron chi connectivity index (χ1n) is 5.38. The maximum atomic E-state index is 11.4. The SMILES string of the molecule is CCCOCc1nc(C(=O)OC)c(C(=O)OC)o1. The minimum absolute atomic E-state index is 0.0782. The zero-order valence-corrected chi connectivity index (χ0v) is 10.5. The van der Waals surface area contributed by atoms with Gasteiger partial charge in [-0.05, 0) is 6.42 Å². The van der Waals surface area contributed by atoms with E-state index in [2.05, 4.69) is 14.5 Å². The van der Waals surface area contributed by atoms with E-state index in [1.54, 1.807) is 0 Å². The van der Waals surface area contributed by atoms with E-state index in [-0.39, 0.29) is 24.0 Å². The Bertz CT molecular complexity index is 392. The Hall–Kier alpha value is -1.89. The van der Waals surface area contributed by atoms with Crippen molar-refractivity contribution < 1.29 is 28.2 Å². The molecule has 0 radical (unpaired) electrons. The molecule has 1 aromatic rings. The molecule has 1 aromatic heterocycles. The third-order valence-electron chi connectivity index (χ3n) is 1.99. The van der Waals surface area contributed by atoms with Crippen molar-refractivity contribution in [2.45, 2.75) is 20.0 Å². The molecule has 0 amide bonds. The standard InChI is InChI=1S/C11H15NO6/c1-4-5-17-6-7-12-8(10(13)15-2)9(18-7)11(14)16-3/h4-6H2,1-3H3. The summed E-state index contributed by atoms with van der Waals surface area (Å²) >= 11 is 0. The highest BCUT2D eigenvalue weighted by Gasteiger charge is 2.26. The van der Waals surface area contributed by atoms with Gasteiger partial charge in [-0.25, -0.2) is 14.6 Å². The summed E-state index contributed by atoms with van der Waals surface area (Å²) in [5.74, 6) is -1.70. The number of rotatable bonds is 6. The quantitative estimate of drug-likeness (QED) is 0.558. The fourth-order valence-corrected chi connectivity index (χ4v) is 1.20. The second kappa shape index (κ2) is 6.75. The highest BCUT2D eigenvalue weighted by Crippen LogP contribution is 2.14. The smallest absolute Gasteiger partial charge is 0.376 e. The van der Waals surface area contributed by atoms with Crippen molar-refractivity contribution in [1.82, 2.24) is 4.98 Å². The molecule has 1 rings (SSSR count). The van der Waals surface area contributed by atoms with Crippen LogP contribution in [-0.2, 0) is 20.8 Å². The fourth-order valence-electron chi connectivity index (χ4n) is 1.20. The molecule has 0 aliphatic rings. The van der Waals surface area contributed by atoms with Crippen LogP contribution in [0.25, 0.3) is 0 Å². The molecular weight excluding hydrogens is 242 g/mol. The molecule has 0 fully saturated rings. The van der Waals surface area contributed by atoms with Gasteiger partial charge in [-0.3, -0.25) is 0 Å². The number of aromatic nitrogens is 1. The Morgan fingerprint density at radius 1 is 1.22 bits per heavy atom. The maximum absolute atomic E-state index is 11.4. The highest BCUT2D eigenvalue weighted by molar-refractivity contribution is 5.99. The lowest BCUT2D eigenvalue weighted by Gasteiger charge is -1.97. The van der Waals surface area contributed by atoms with Gasteiger partial charge in [0, 0.05) is 6.61 Å². The largest absolute Gasteiger partial charge is 0.464 e. The lowest BCUT2D eigenvalue weighted by Crippen LogP contribution is -2.10. The Labute approximate surface area is 104 Å². The molecule has 18 heavy (non-hydrogen) atoms. The minimum atomic E-state index is -0.787. The zero-order chi connectivity index (χ0) is 13.5. The number of ether oxygens (including phenoxy) is 3. The number of hydrogen-bond donors (Lipinski definition) is 0. The summed E-state index contributed by atoms with van der Waals surface area (Å²) in [6, 6.07) is 0. The third-order valence-corrected chi connectivity index (χ3v) is 1.99. The van der Waals surface area contributed by atoms with Crippen LogP contribution in [0.4, 0.5) is 0 Å². The van der Waals surface area contributed by atoms with Gasteiger partial charge in [0.05, 0.1) is 14.2 Å². The van der Waals surface area contributed by atoms with Gasteiger partial charge in [0.15, 0.2) is 0 Å². The molecule has 0 aliphatic carbocycles. The summed E-state index contributed by atoms with van der Waals surface area (Å²) in [6.07, 6.45) is 0.842. The summed E-state index contributed by atoms with van der Waals surface area (Å²) in [5, 5.41) is 0. The summed E-state index contributed by atoms with van der Waals surface area (Å²) < 4.78 is 19.3. The lowest BCUT2D eigenvalue weighted by molar-refractivity contribution is 0.0520. The van der Waals surface area contributed by atoms with Crippen molar-refractivity contribution in [3.63, 3.8) is 0 Å². The van der Waals surface area contributed by atoms with Gasteiger partial charge in [0.25, 0.3) is 0 Å². The van der Waals surface area contributed by atoms with Crippen molar-refractivity contribution in [3.8, 4) is 0 Å². The number of carbonyl (C=O) groups is 2. The number of hydrogen-bond acceptors (Lipinski definition) is 7. The predicted molar refractivity (Wildman–Crippen MR) is 59.1 cm³/mol. The van der Waals surface area contributed by atoms with Crippen molar-refractivity contribution in [3.05, 3.63) is 17.3 Å². The van der Waals surface area contributed by atoms with Gasteiger partial charge in [-0.15, -0.1) is 0 Å². The molecule has 0 N–H and O–H groups in total. The molecule has 0 saturated carbocycles. The first kappa shape index (κ1) is 14.2. The second-order valence-corrected chi connectivity index (χ2v) is 3.32. The van der Waals surface area contributed by atoms with E-state index in [0.717, 1.165) is 6.42 Å². The molecule has 0 aromatic carbocycles. The summed E-state index contributed by atoms with van der Waals surface area (Å²) in [6.45, 7) is 2.56. The monoisotopic (exact) mass is 257 g/mol. The van der Waals surface area contributed by atoms with Crippen LogP contribution in [0.2, 0.25) is 0 Å². The van der Waals surface area contributed by atoms with Crippen molar-refractivity contribution in [2.75, 3.05) is 20.8 Å². The van der Waals surface area contributed by atoms with E-state index >= 15 is 0 Å². The molecule has 0 aliphatic heterocycles. The Balaban J connectivity index is 2.92. The first-order chi connectivity index (χ1) is 8.63. The van der Waals surface area contributed by atoms with E-state index in [1.165, 1.54) is 14.2 Å². The molecule has 7 nitrogen and oxygen atoms in total. The number of methoxy groups -OCH3 is 2. The van der Waals surface area contributed by atoms with E-state index in [4.69, 9.17) is 9.15 Å². The predicted octanol–water partition coefficient (Wildman–Crippen LogP) is 1.17. The van der Waals surface area contributed by atoms with E-state index < -0.39 is 11.9 Å². The summed E-state index contributed by atoms with van der Waals surface area (Å²) in [7, 11) is 2.37. The van der Waals surface area contributed by atoms with Crippen molar-refractivity contribution in [2.24, 2.45) is 0 Å². The van der Waals surface area contributed by atoms with Gasteiger partial charge < -0.3 is 18.6 Å². The van der Waals surface area contributed by atoms with Crippen LogP contribution in [0, 0.1) is 0 Å². The molecule has 0 spiro atoms. The van der Waals surface area contributed by atoms with Crippen LogP contribution in [0.3, 0.4) is 0 Å². The number of nitrogens with zero attached hydrogens (tertiary/aromatic N) is 1. The summed E-state index contributed by atoms with van der Waals surface area (Å²) in [5.41, 5.74) is -0.209. The van der Waals surface area contributed by atoms with Crippen LogP contribution >= 0.6 is 0 Å². The van der Waals surface area contributed by atoms with Crippen molar-refractivity contribution in [1.29, 1.82) is 0 Å². The van der Waals surface area contributed by atoms with Gasteiger partial charge in [0.1, 0.15) is 6.61 Å².